The van der Waals surface area contributed by atoms with Crippen LogP contribution in [0.15, 0.2) is 12.3 Å². The molecule has 0 aromatic carbocycles. The molecule has 1 aromatic rings. The second-order valence-corrected chi connectivity index (χ2v) is 6.01. The van der Waals surface area contributed by atoms with Crippen LogP contribution in [0.5, 0.6) is 0 Å². The van der Waals surface area contributed by atoms with Crippen LogP contribution in [0.2, 0.25) is 0 Å². The SMILES string of the molecule is CC(C)(C)OC(=O)Cn1ccc(C2CCCC2)n1. The number of hydrogen-bond donors (Lipinski definition) is 0. The molecule has 0 spiro atoms. The first kappa shape index (κ1) is 13.1. The van der Waals surface area contributed by atoms with Gasteiger partial charge in [0.15, 0.2) is 0 Å². The van der Waals surface area contributed by atoms with E-state index in [1.54, 1.807) is 4.68 Å². The number of carbonyl (C=O) groups is 1. The van der Waals surface area contributed by atoms with Crippen molar-refractivity contribution in [3.63, 3.8) is 0 Å². The highest BCUT2D eigenvalue weighted by Crippen LogP contribution is 2.32. The van der Waals surface area contributed by atoms with Gasteiger partial charge in [0.2, 0.25) is 0 Å². The Morgan fingerprint density at radius 2 is 2.11 bits per heavy atom. The summed E-state index contributed by atoms with van der Waals surface area (Å²) in [5.41, 5.74) is 0.689. The van der Waals surface area contributed by atoms with Gasteiger partial charge >= 0.3 is 5.97 Å². The maximum atomic E-state index is 11.7. The molecule has 1 aliphatic rings. The highest BCUT2D eigenvalue weighted by Gasteiger charge is 2.20. The summed E-state index contributed by atoms with van der Waals surface area (Å²) in [5, 5.41) is 4.48. The Balaban J connectivity index is 1.92. The van der Waals surface area contributed by atoms with Crippen molar-refractivity contribution >= 4 is 5.97 Å². The van der Waals surface area contributed by atoms with Crippen molar-refractivity contribution in [3.8, 4) is 0 Å². The average molecular weight is 250 g/mol. The van der Waals surface area contributed by atoms with E-state index in [4.69, 9.17) is 4.74 Å². The molecule has 0 saturated heterocycles. The number of aromatic nitrogens is 2. The van der Waals surface area contributed by atoms with Crippen LogP contribution in [0.3, 0.4) is 0 Å². The van der Waals surface area contributed by atoms with E-state index in [2.05, 4.69) is 5.10 Å². The number of hydrogen-bond acceptors (Lipinski definition) is 3. The van der Waals surface area contributed by atoms with Gasteiger partial charge < -0.3 is 4.74 Å². The topological polar surface area (TPSA) is 44.1 Å². The van der Waals surface area contributed by atoms with Gasteiger partial charge in [-0.05, 0) is 39.7 Å². The van der Waals surface area contributed by atoms with Crippen molar-refractivity contribution in [1.29, 1.82) is 0 Å². The van der Waals surface area contributed by atoms with Gasteiger partial charge in [0, 0.05) is 12.1 Å². The summed E-state index contributed by atoms with van der Waals surface area (Å²) in [7, 11) is 0. The zero-order valence-corrected chi connectivity index (χ0v) is 11.5. The minimum atomic E-state index is -0.432. The van der Waals surface area contributed by atoms with E-state index in [1.807, 2.05) is 33.0 Å². The summed E-state index contributed by atoms with van der Waals surface area (Å²) >= 11 is 0. The zero-order valence-electron chi connectivity index (χ0n) is 11.5. The molecule has 0 aliphatic heterocycles. The van der Waals surface area contributed by atoms with Gasteiger partial charge in [-0.3, -0.25) is 9.48 Å². The molecule has 4 nitrogen and oxygen atoms in total. The quantitative estimate of drug-likeness (QED) is 0.775. The second-order valence-electron chi connectivity index (χ2n) is 6.01. The molecule has 0 amide bonds. The lowest BCUT2D eigenvalue weighted by Crippen LogP contribution is -2.26. The zero-order chi connectivity index (χ0) is 13.2. The smallest absolute Gasteiger partial charge is 0.328 e. The molecule has 1 saturated carbocycles. The average Bonchev–Trinajstić information content (AvgIpc) is 2.82. The highest BCUT2D eigenvalue weighted by molar-refractivity contribution is 5.69. The van der Waals surface area contributed by atoms with Gasteiger partial charge in [0.25, 0.3) is 0 Å². The molecule has 1 aliphatic carbocycles. The maximum absolute atomic E-state index is 11.7. The van der Waals surface area contributed by atoms with Crippen molar-refractivity contribution in [3.05, 3.63) is 18.0 Å². The predicted molar refractivity (Wildman–Crippen MR) is 69.3 cm³/mol. The molecule has 0 atom stereocenters. The summed E-state index contributed by atoms with van der Waals surface area (Å²) in [6.07, 6.45) is 6.91. The largest absolute Gasteiger partial charge is 0.459 e. The molecule has 4 heteroatoms. The lowest BCUT2D eigenvalue weighted by Gasteiger charge is -2.19. The third kappa shape index (κ3) is 3.59. The summed E-state index contributed by atoms with van der Waals surface area (Å²) in [5.74, 6) is 0.355. The Kier molecular flexibility index (Phi) is 3.73. The molecule has 0 unspecified atom stereocenters. The van der Waals surface area contributed by atoms with E-state index < -0.39 is 5.60 Å². The molecule has 1 fully saturated rings. The standard InChI is InChI=1S/C14H22N2O2/c1-14(2,3)18-13(17)10-16-9-8-12(15-16)11-6-4-5-7-11/h8-9,11H,4-7,10H2,1-3H3. The minimum absolute atomic E-state index is 0.198. The molecule has 1 aromatic heterocycles. The fourth-order valence-electron chi connectivity index (χ4n) is 2.41. The van der Waals surface area contributed by atoms with Crippen LogP contribution in [0.25, 0.3) is 0 Å². The Hall–Kier alpha value is -1.32. The van der Waals surface area contributed by atoms with Gasteiger partial charge in [0.1, 0.15) is 12.1 Å². The molecular formula is C14H22N2O2. The molecule has 0 radical (unpaired) electrons. The molecule has 0 N–H and O–H groups in total. The summed E-state index contributed by atoms with van der Waals surface area (Å²) in [4.78, 5) is 11.7. The molecule has 18 heavy (non-hydrogen) atoms. The summed E-state index contributed by atoms with van der Waals surface area (Å²) < 4.78 is 6.96. The van der Waals surface area contributed by atoms with E-state index in [9.17, 15) is 4.79 Å². The fraction of sp³-hybridized carbons (Fsp3) is 0.714. The monoisotopic (exact) mass is 250 g/mol. The third-order valence-corrected chi connectivity index (χ3v) is 3.15. The number of esters is 1. The minimum Gasteiger partial charge on any atom is -0.459 e. The Morgan fingerprint density at radius 1 is 1.44 bits per heavy atom. The second kappa shape index (κ2) is 5.12. The van der Waals surface area contributed by atoms with Crippen molar-refractivity contribution in [2.24, 2.45) is 0 Å². The van der Waals surface area contributed by atoms with Crippen LogP contribution >= 0.6 is 0 Å². The van der Waals surface area contributed by atoms with Gasteiger partial charge in [0.05, 0.1) is 5.69 Å². The van der Waals surface area contributed by atoms with E-state index in [-0.39, 0.29) is 12.5 Å². The van der Waals surface area contributed by atoms with E-state index in [0.29, 0.717) is 5.92 Å². The van der Waals surface area contributed by atoms with Crippen molar-refractivity contribution in [1.82, 2.24) is 9.78 Å². The van der Waals surface area contributed by atoms with Crippen LogP contribution in [-0.2, 0) is 16.1 Å². The third-order valence-electron chi connectivity index (χ3n) is 3.15. The molecule has 2 rings (SSSR count). The normalized spacial score (nSPS) is 17.1. The van der Waals surface area contributed by atoms with Crippen molar-refractivity contribution in [2.45, 2.75) is 64.5 Å². The Morgan fingerprint density at radius 3 is 2.72 bits per heavy atom. The molecule has 1 heterocycles. The number of rotatable bonds is 3. The number of nitrogens with zero attached hydrogens (tertiary/aromatic N) is 2. The first-order chi connectivity index (χ1) is 8.44. The van der Waals surface area contributed by atoms with Crippen molar-refractivity contribution < 1.29 is 9.53 Å². The highest BCUT2D eigenvalue weighted by atomic mass is 16.6. The Labute approximate surface area is 108 Å². The summed E-state index contributed by atoms with van der Waals surface area (Å²) in [6, 6.07) is 2.03. The van der Waals surface area contributed by atoms with Gasteiger partial charge in [-0.2, -0.15) is 5.10 Å². The van der Waals surface area contributed by atoms with Crippen LogP contribution in [0.4, 0.5) is 0 Å². The van der Waals surface area contributed by atoms with Crippen LogP contribution in [-0.4, -0.2) is 21.4 Å². The lowest BCUT2D eigenvalue weighted by atomic mass is 10.1. The number of carbonyl (C=O) groups excluding carboxylic acids is 1. The van der Waals surface area contributed by atoms with Crippen LogP contribution in [0.1, 0.15) is 58.1 Å². The number of ether oxygens (including phenoxy) is 1. The first-order valence-corrected chi connectivity index (χ1v) is 6.69. The maximum Gasteiger partial charge on any atom is 0.328 e. The molecule has 0 bridgehead atoms. The van der Waals surface area contributed by atoms with Gasteiger partial charge in [-0.25, -0.2) is 0 Å². The Bertz CT molecular complexity index is 412. The molecular weight excluding hydrogens is 228 g/mol. The fourth-order valence-corrected chi connectivity index (χ4v) is 2.41. The molecule has 100 valence electrons. The van der Waals surface area contributed by atoms with Crippen molar-refractivity contribution in [2.75, 3.05) is 0 Å². The first-order valence-electron chi connectivity index (χ1n) is 6.69. The van der Waals surface area contributed by atoms with E-state index in [1.165, 1.54) is 25.7 Å². The van der Waals surface area contributed by atoms with Gasteiger partial charge in [-0.15, -0.1) is 0 Å². The van der Waals surface area contributed by atoms with Gasteiger partial charge in [-0.1, -0.05) is 12.8 Å². The van der Waals surface area contributed by atoms with E-state index in [0.717, 1.165) is 5.69 Å². The predicted octanol–water partition coefficient (Wildman–Crippen LogP) is 2.88. The van der Waals surface area contributed by atoms with E-state index >= 15 is 0 Å². The van der Waals surface area contributed by atoms with Crippen LogP contribution < -0.4 is 0 Å². The van der Waals surface area contributed by atoms with Crippen LogP contribution in [0, 0.1) is 0 Å². The lowest BCUT2D eigenvalue weighted by molar-refractivity contribution is -0.155. The summed E-state index contributed by atoms with van der Waals surface area (Å²) in [6.45, 7) is 5.82.